The molecule has 18 nitrogen and oxygen atoms in total. The van der Waals surface area contributed by atoms with Crippen molar-refractivity contribution in [1.82, 2.24) is 0 Å². The average Bonchev–Trinajstić information content (AvgIpc) is 3.71. The minimum absolute atomic E-state index is 0.102. The summed E-state index contributed by atoms with van der Waals surface area (Å²) in [5.41, 5.74) is 0.322. The average molecular weight is 889 g/mol. The van der Waals surface area contributed by atoms with Crippen LogP contribution in [0.15, 0.2) is 0 Å². The van der Waals surface area contributed by atoms with Gasteiger partial charge in [-0.15, -0.1) is 0 Å². The first-order valence-corrected chi connectivity index (χ1v) is 23.4. The second-order valence-electron chi connectivity index (χ2n) is 20.9. The summed E-state index contributed by atoms with van der Waals surface area (Å²) in [6, 6.07) is 0. The zero-order valence-corrected chi connectivity index (χ0v) is 36.1. The van der Waals surface area contributed by atoms with Gasteiger partial charge in [-0.2, -0.15) is 0 Å². The van der Waals surface area contributed by atoms with Gasteiger partial charge in [0.25, 0.3) is 0 Å². The standard InChI is InChI=1S/C44H72O18/c1-19-29-25(62-44(19)10-4-5-13-55-44)15-24-22-7-6-20-14-21(8-11-42(20,2)23(22)9-12-43(24,29)3)56-41-38(34(52)31(49)27(17-46)59-41)61-40-36(54)37(32(50)28(18-47)58-40)60-39-35(53)33(51)30(48)26(16-45)57-39/h19-41,45-54H,4-18H2,1-3H3. The molecule has 9 fully saturated rings. The minimum Gasteiger partial charge on any atom is -0.394 e. The van der Waals surface area contributed by atoms with E-state index in [4.69, 9.17) is 37.9 Å². The molecule has 0 bridgehead atoms. The molecule has 26 atom stereocenters. The third-order valence-corrected chi connectivity index (χ3v) is 18.0. The van der Waals surface area contributed by atoms with E-state index in [2.05, 4.69) is 20.8 Å². The molecule has 9 rings (SSSR count). The summed E-state index contributed by atoms with van der Waals surface area (Å²) in [6.45, 7) is 6.01. The topological polar surface area (TPSA) is 276 Å². The quantitative estimate of drug-likeness (QED) is 0.125. The van der Waals surface area contributed by atoms with Crippen LogP contribution in [0, 0.1) is 46.3 Å². The first-order chi connectivity index (χ1) is 29.6. The van der Waals surface area contributed by atoms with Crippen molar-refractivity contribution in [3.63, 3.8) is 0 Å². The van der Waals surface area contributed by atoms with E-state index in [-0.39, 0.29) is 23.0 Å². The minimum atomic E-state index is -1.89. The summed E-state index contributed by atoms with van der Waals surface area (Å²) in [5, 5.41) is 106. The molecule has 5 heterocycles. The Bertz CT molecular complexity index is 1540. The molecule has 4 aliphatic carbocycles. The van der Waals surface area contributed by atoms with Gasteiger partial charge in [0.15, 0.2) is 24.7 Å². The Labute approximate surface area is 362 Å². The number of aliphatic hydroxyl groups excluding tert-OH is 10. The lowest BCUT2D eigenvalue weighted by Gasteiger charge is -2.61. The van der Waals surface area contributed by atoms with E-state index in [9.17, 15) is 51.1 Å². The number of hydrogen-bond acceptors (Lipinski definition) is 18. The molecule has 10 N–H and O–H groups in total. The maximum atomic E-state index is 11.5. The van der Waals surface area contributed by atoms with Crippen molar-refractivity contribution in [2.45, 2.75) is 202 Å². The van der Waals surface area contributed by atoms with Crippen LogP contribution < -0.4 is 0 Å². The molecule has 0 aromatic rings. The summed E-state index contributed by atoms with van der Waals surface area (Å²) in [5.74, 6) is 2.63. The van der Waals surface area contributed by atoms with Gasteiger partial charge in [-0.05, 0) is 105 Å². The first kappa shape index (κ1) is 46.4. The van der Waals surface area contributed by atoms with Crippen LogP contribution in [0.4, 0.5) is 0 Å². The van der Waals surface area contributed by atoms with E-state index >= 15 is 0 Å². The summed E-state index contributed by atoms with van der Waals surface area (Å²) in [4.78, 5) is 0. The van der Waals surface area contributed by atoms with Crippen LogP contribution in [0.2, 0.25) is 0 Å². The van der Waals surface area contributed by atoms with Gasteiger partial charge < -0.3 is 89.0 Å². The summed E-state index contributed by atoms with van der Waals surface area (Å²) in [6.07, 6.45) is -13.2. The summed E-state index contributed by atoms with van der Waals surface area (Å²) in [7, 11) is 0. The Morgan fingerprint density at radius 1 is 0.565 bits per heavy atom. The fourth-order valence-electron chi connectivity index (χ4n) is 14.6. The fraction of sp³-hybridized carbons (Fsp3) is 1.00. The van der Waals surface area contributed by atoms with Gasteiger partial charge in [0.05, 0.1) is 38.6 Å². The number of rotatable bonds is 9. The molecule has 0 aromatic heterocycles. The predicted octanol–water partition coefficient (Wildman–Crippen LogP) is -0.980. The van der Waals surface area contributed by atoms with E-state index in [1.807, 2.05) is 0 Å². The Kier molecular flexibility index (Phi) is 13.3. The van der Waals surface area contributed by atoms with E-state index < -0.39 is 118 Å². The monoisotopic (exact) mass is 888 g/mol. The predicted molar refractivity (Wildman–Crippen MR) is 211 cm³/mol. The van der Waals surface area contributed by atoms with Crippen LogP contribution in [0.5, 0.6) is 0 Å². The zero-order chi connectivity index (χ0) is 44.0. The van der Waals surface area contributed by atoms with E-state index in [0.29, 0.717) is 41.9 Å². The lowest BCUT2D eigenvalue weighted by Crippen LogP contribution is -2.67. The van der Waals surface area contributed by atoms with E-state index in [1.165, 1.54) is 12.8 Å². The van der Waals surface area contributed by atoms with Crippen LogP contribution in [0.3, 0.4) is 0 Å². The highest BCUT2D eigenvalue weighted by atomic mass is 16.8. The smallest absolute Gasteiger partial charge is 0.187 e. The van der Waals surface area contributed by atoms with Crippen LogP contribution >= 0.6 is 0 Å². The molecule has 4 saturated carbocycles. The molecule has 5 saturated heterocycles. The highest BCUT2D eigenvalue weighted by Crippen LogP contribution is 2.71. The zero-order valence-electron chi connectivity index (χ0n) is 36.1. The van der Waals surface area contributed by atoms with E-state index in [0.717, 1.165) is 58.0 Å². The molecule has 26 unspecified atom stereocenters. The second kappa shape index (κ2) is 17.7. The molecule has 9 aliphatic rings. The van der Waals surface area contributed by atoms with Crippen molar-refractivity contribution in [3.8, 4) is 0 Å². The molecule has 0 amide bonds. The molecule has 5 aliphatic heterocycles. The maximum Gasteiger partial charge on any atom is 0.187 e. The molecule has 18 heteroatoms. The van der Waals surface area contributed by atoms with Gasteiger partial charge in [-0.3, -0.25) is 0 Å². The van der Waals surface area contributed by atoms with Crippen molar-refractivity contribution in [2.24, 2.45) is 46.3 Å². The van der Waals surface area contributed by atoms with Crippen LogP contribution in [-0.2, 0) is 37.9 Å². The molecular formula is C44H72O18. The van der Waals surface area contributed by atoms with Crippen LogP contribution in [0.1, 0.15) is 91.4 Å². The van der Waals surface area contributed by atoms with Gasteiger partial charge >= 0.3 is 0 Å². The van der Waals surface area contributed by atoms with Crippen LogP contribution in [-0.4, -0.2) is 188 Å². The molecule has 356 valence electrons. The highest BCUT2D eigenvalue weighted by molar-refractivity contribution is 5.15. The molecule has 62 heavy (non-hydrogen) atoms. The van der Waals surface area contributed by atoms with Crippen molar-refractivity contribution in [3.05, 3.63) is 0 Å². The van der Waals surface area contributed by atoms with Crippen molar-refractivity contribution in [2.75, 3.05) is 26.4 Å². The maximum absolute atomic E-state index is 11.5. The number of fused-ring (bicyclic) bond motifs is 7. The lowest BCUT2D eigenvalue weighted by molar-refractivity contribution is -0.388. The normalized spacial score (nSPS) is 57.7. The summed E-state index contributed by atoms with van der Waals surface area (Å²) >= 11 is 0. The number of ether oxygens (including phenoxy) is 8. The van der Waals surface area contributed by atoms with Gasteiger partial charge in [-0.1, -0.05) is 20.8 Å². The van der Waals surface area contributed by atoms with Crippen molar-refractivity contribution >= 4 is 0 Å². The molecule has 1 spiro atoms. The van der Waals surface area contributed by atoms with Crippen molar-refractivity contribution in [1.29, 1.82) is 0 Å². The second-order valence-corrected chi connectivity index (χ2v) is 20.9. The highest BCUT2D eigenvalue weighted by Gasteiger charge is 2.69. The lowest BCUT2D eigenvalue weighted by atomic mass is 9.44. The van der Waals surface area contributed by atoms with E-state index in [1.54, 1.807) is 0 Å². The number of hydrogen-bond donors (Lipinski definition) is 10. The molecule has 0 radical (unpaired) electrons. The first-order valence-electron chi connectivity index (χ1n) is 23.4. The molecule has 0 aromatic carbocycles. The summed E-state index contributed by atoms with van der Waals surface area (Å²) < 4.78 is 49.1. The fourth-order valence-corrected chi connectivity index (χ4v) is 14.6. The Hall–Kier alpha value is -0.720. The Morgan fingerprint density at radius 3 is 1.87 bits per heavy atom. The third kappa shape index (κ3) is 7.55. The van der Waals surface area contributed by atoms with Gasteiger partial charge in [-0.25, -0.2) is 0 Å². The Balaban J connectivity index is 0.875. The van der Waals surface area contributed by atoms with Gasteiger partial charge in [0.2, 0.25) is 0 Å². The third-order valence-electron chi connectivity index (χ3n) is 18.0. The van der Waals surface area contributed by atoms with Gasteiger partial charge in [0.1, 0.15) is 73.2 Å². The number of aliphatic hydroxyl groups is 10. The van der Waals surface area contributed by atoms with Crippen molar-refractivity contribution < 1.29 is 89.0 Å². The van der Waals surface area contributed by atoms with Gasteiger partial charge in [0, 0.05) is 12.3 Å². The molecular weight excluding hydrogens is 816 g/mol. The van der Waals surface area contributed by atoms with Crippen LogP contribution in [0.25, 0.3) is 0 Å². The largest absolute Gasteiger partial charge is 0.394 e. The Morgan fingerprint density at radius 2 is 1.19 bits per heavy atom. The SMILES string of the molecule is CC1C2C(CC3C4CCC5CC(OC6OC(CO)C(O)C(O)C6OC6OC(CO)C(O)C(OC7OC(CO)C(O)C(O)C7O)C6O)CCC5(C)C4CCC32C)OC12CCCCO2.